The monoisotopic (exact) mass is 285 g/mol. The first kappa shape index (κ1) is 14.2. The number of likely N-dealkylation sites (N-methyl/N-ethyl adjacent to an activating group) is 1. The summed E-state index contributed by atoms with van der Waals surface area (Å²) >= 11 is 4.08. The van der Waals surface area contributed by atoms with Crippen molar-refractivity contribution in [2.75, 3.05) is 24.3 Å². The molecule has 1 heterocycles. The van der Waals surface area contributed by atoms with Crippen LogP contribution in [0.3, 0.4) is 0 Å². The molecule has 2 rings (SSSR count). The molecule has 0 aromatic heterocycles. The number of nitrogens with one attached hydrogen (secondary N) is 1. The van der Waals surface area contributed by atoms with E-state index in [4.69, 9.17) is 0 Å². The van der Waals surface area contributed by atoms with Crippen LogP contribution in [0.4, 0.5) is 4.39 Å². The van der Waals surface area contributed by atoms with E-state index in [0.29, 0.717) is 11.3 Å². The molecule has 1 aliphatic rings. The lowest BCUT2D eigenvalue weighted by Crippen LogP contribution is -2.40. The molecule has 18 heavy (non-hydrogen) atoms. The Morgan fingerprint density at radius 2 is 2.28 bits per heavy atom. The van der Waals surface area contributed by atoms with Crippen molar-refractivity contribution in [2.24, 2.45) is 0 Å². The number of aryl methyl sites for hydroxylation is 1. The summed E-state index contributed by atoms with van der Waals surface area (Å²) in [5, 5.41) is 4.05. The highest BCUT2D eigenvalue weighted by molar-refractivity contribution is 8.06. The van der Waals surface area contributed by atoms with E-state index in [1.165, 1.54) is 22.8 Å². The van der Waals surface area contributed by atoms with E-state index in [9.17, 15) is 4.39 Å². The fourth-order valence-electron chi connectivity index (χ4n) is 2.25. The van der Waals surface area contributed by atoms with Crippen molar-refractivity contribution in [3.05, 3.63) is 35.1 Å². The Morgan fingerprint density at radius 3 is 2.94 bits per heavy atom. The van der Waals surface area contributed by atoms with Crippen molar-refractivity contribution in [2.45, 2.75) is 24.6 Å². The lowest BCUT2D eigenvalue weighted by atomic mass is 9.99. The van der Waals surface area contributed by atoms with Crippen LogP contribution in [0.5, 0.6) is 0 Å². The minimum Gasteiger partial charge on any atom is -0.316 e. The summed E-state index contributed by atoms with van der Waals surface area (Å²) in [4.78, 5) is 0. The van der Waals surface area contributed by atoms with Crippen molar-refractivity contribution in [1.82, 2.24) is 5.32 Å². The van der Waals surface area contributed by atoms with Gasteiger partial charge in [0.05, 0.1) is 0 Å². The van der Waals surface area contributed by atoms with Gasteiger partial charge in [-0.15, -0.1) is 0 Å². The molecule has 0 aliphatic carbocycles. The number of benzene rings is 1. The predicted octanol–water partition coefficient (Wildman–Crippen LogP) is 3.11. The molecule has 4 heteroatoms. The van der Waals surface area contributed by atoms with Crippen LogP contribution in [0.2, 0.25) is 0 Å². The molecular weight excluding hydrogens is 265 g/mol. The van der Waals surface area contributed by atoms with Gasteiger partial charge in [-0.2, -0.15) is 23.5 Å². The van der Waals surface area contributed by atoms with Gasteiger partial charge in [-0.1, -0.05) is 6.07 Å². The molecule has 0 bridgehead atoms. The minimum atomic E-state index is -0.129. The average molecular weight is 285 g/mol. The SMILES string of the molecule is CNC(Cc1cc(F)ccc1C)C1CSCCS1. The standard InChI is InChI=1S/C14H20FNS2/c1-10-3-4-12(15)7-11(10)8-13(16-2)14-9-17-5-6-18-14/h3-4,7,13-14,16H,5-6,8-9H2,1-2H3. The van der Waals surface area contributed by atoms with Gasteiger partial charge in [0, 0.05) is 28.6 Å². The third-order valence-corrected chi connectivity index (χ3v) is 6.33. The topological polar surface area (TPSA) is 12.0 Å². The third-order valence-electron chi connectivity index (χ3n) is 3.41. The molecule has 1 aliphatic heterocycles. The van der Waals surface area contributed by atoms with Crippen LogP contribution in [0.1, 0.15) is 11.1 Å². The van der Waals surface area contributed by atoms with Gasteiger partial charge < -0.3 is 5.32 Å². The number of hydrogen-bond donors (Lipinski definition) is 1. The maximum Gasteiger partial charge on any atom is 0.123 e. The minimum absolute atomic E-state index is 0.129. The van der Waals surface area contributed by atoms with Crippen LogP contribution >= 0.6 is 23.5 Å². The lowest BCUT2D eigenvalue weighted by molar-refractivity contribution is 0.552. The van der Waals surface area contributed by atoms with Gasteiger partial charge in [0.2, 0.25) is 0 Å². The van der Waals surface area contributed by atoms with Crippen molar-refractivity contribution in [3.8, 4) is 0 Å². The molecule has 1 aromatic rings. The van der Waals surface area contributed by atoms with Gasteiger partial charge in [0.1, 0.15) is 5.82 Å². The summed E-state index contributed by atoms with van der Waals surface area (Å²) in [7, 11) is 2.01. The Morgan fingerprint density at radius 1 is 1.44 bits per heavy atom. The molecule has 0 amide bonds. The van der Waals surface area contributed by atoms with Gasteiger partial charge in [-0.3, -0.25) is 0 Å². The zero-order valence-electron chi connectivity index (χ0n) is 10.9. The fourth-order valence-corrected chi connectivity index (χ4v) is 5.18. The Labute approximate surface area is 117 Å². The smallest absolute Gasteiger partial charge is 0.123 e. The van der Waals surface area contributed by atoms with Crippen LogP contribution in [0.15, 0.2) is 18.2 Å². The van der Waals surface area contributed by atoms with Crippen LogP contribution in [-0.2, 0) is 6.42 Å². The van der Waals surface area contributed by atoms with Crippen LogP contribution in [-0.4, -0.2) is 35.6 Å². The van der Waals surface area contributed by atoms with Crippen LogP contribution < -0.4 is 5.32 Å². The molecular formula is C14H20FNS2. The van der Waals surface area contributed by atoms with Gasteiger partial charge in [-0.05, 0) is 43.7 Å². The first-order chi connectivity index (χ1) is 8.70. The number of halogens is 1. The summed E-state index contributed by atoms with van der Waals surface area (Å²) in [6, 6.07) is 5.53. The summed E-state index contributed by atoms with van der Waals surface area (Å²) in [6.45, 7) is 2.06. The van der Waals surface area contributed by atoms with Gasteiger partial charge in [-0.25, -0.2) is 4.39 Å². The third kappa shape index (κ3) is 3.65. The first-order valence-electron chi connectivity index (χ1n) is 6.32. The molecule has 1 fully saturated rings. The van der Waals surface area contributed by atoms with E-state index in [1.807, 2.05) is 36.6 Å². The van der Waals surface area contributed by atoms with E-state index in [2.05, 4.69) is 12.2 Å². The maximum atomic E-state index is 13.3. The predicted molar refractivity (Wildman–Crippen MR) is 81.3 cm³/mol. The number of thioether (sulfide) groups is 2. The molecule has 2 unspecified atom stereocenters. The second-order valence-corrected chi connectivity index (χ2v) is 7.15. The summed E-state index contributed by atoms with van der Waals surface area (Å²) in [5.74, 6) is 3.56. The maximum absolute atomic E-state index is 13.3. The molecule has 1 aromatic carbocycles. The van der Waals surface area contributed by atoms with Crippen LogP contribution in [0.25, 0.3) is 0 Å². The Hall–Kier alpha value is -0.190. The van der Waals surface area contributed by atoms with E-state index in [0.717, 1.165) is 12.0 Å². The highest BCUT2D eigenvalue weighted by atomic mass is 32.2. The molecule has 0 saturated carbocycles. The highest BCUT2D eigenvalue weighted by Gasteiger charge is 2.24. The largest absolute Gasteiger partial charge is 0.316 e. The number of hydrogen-bond acceptors (Lipinski definition) is 3. The van der Waals surface area contributed by atoms with Crippen molar-refractivity contribution >= 4 is 23.5 Å². The van der Waals surface area contributed by atoms with E-state index in [1.54, 1.807) is 12.1 Å². The first-order valence-corrected chi connectivity index (χ1v) is 8.52. The van der Waals surface area contributed by atoms with Gasteiger partial charge >= 0.3 is 0 Å². The molecule has 0 radical (unpaired) electrons. The normalized spacial score (nSPS) is 21.8. The Bertz CT molecular complexity index is 391. The molecule has 1 N–H and O–H groups in total. The molecule has 1 nitrogen and oxygen atoms in total. The summed E-state index contributed by atoms with van der Waals surface area (Å²) in [5.41, 5.74) is 2.32. The second kappa shape index (κ2) is 6.83. The van der Waals surface area contributed by atoms with Gasteiger partial charge in [0.25, 0.3) is 0 Å². The van der Waals surface area contributed by atoms with Crippen molar-refractivity contribution in [1.29, 1.82) is 0 Å². The highest BCUT2D eigenvalue weighted by Crippen LogP contribution is 2.28. The summed E-state index contributed by atoms with van der Waals surface area (Å²) in [6.07, 6.45) is 0.915. The quantitative estimate of drug-likeness (QED) is 0.913. The average Bonchev–Trinajstić information content (AvgIpc) is 2.41. The van der Waals surface area contributed by atoms with E-state index < -0.39 is 0 Å². The van der Waals surface area contributed by atoms with Crippen molar-refractivity contribution < 1.29 is 4.39 Å². The van der Waals surface area contributed by atoms with Crippen LogP contribution in [0, 0.1) is 12.7 Å². The molecule has 2 atom stereocenters. The number of rotatable bonds is 4. The molecule has 100 valence electrons. The van der Waals surface area contributed by atoms with E-state index >= 15 is 0 Å². The van der Waals surface area contributed by atoms with Gasteiger partial charge in [0.15, 0.2) is 0 Å². The zero-order chi connectivity index (χ0) is 13.0. The Balaban J connectivity index is 2.06. The van der Waals surface area contributed by atoms with E-state index in [-0.39, 0.29) is 5.82 Å². The van der Waals surface area contributed by atoms with Crippen molar-refractivity contribution in [3.63, 3.8) is 0 Å². The summed E-state index contributed by atoms with van der Waals surface area (Å²) < 4.78 is 13.3. The second-order valence-electron chi connectivity index (χ2n) is 4.65. The fraction of sp³-hybridized carbons (Fsp3) is 0.571. The lowest BCUT2D eigenvalue weighted by Gasteiger charge is -2.29. The molecule has 1 saturated heterocycles. The zero-order valence-corrected chi connectivity index (χ0v) is 12.5. The molecule has 0 spiro atoms. The Kier molecular flexibility index (Phi) is 5.39.